The van der Waals surface area contributed by atoms with Crippen LogP contribution in [0, 0.1) is 0 Å². The van der Waals surface area contributed by atoms with Crippen LogP contribution in [0.4, 0.5) is 5.69 Å². The van der Waals surface area contributed by atoms with Crippen LogP contribution < -0.4 is 5.32 Å². The van der Waals surface area contributed by atoms with Gasteiger partial charge >= 0.3 is 0 Å². The van der Waals surface area contributed by atoms with Gasteiger partial charge < -0.3 is 15.2 Å². The lowest BCUT2D eigenvalue weighted by Gasteiger charge is -2.27. The zero-order valence-corrected chi connectivity index (χ0v) is 16.5. The molecule has 0 aliphatic carbocycles. The van der Waals surface area contributed by atoms with Crippen LogP contribution in [0.25, 0.3) is 0 Å². The average molecular weight is 396 g/mol. The van der Waals surface area contributed by atoms with Crippen molar-refractivity contribution >= 4 is 17.4 Å². The second kappa shape index (κ2) is 10.9. The van der Waals surface area contributed by atoms with Crippen LogP contribution in [0.15, 0.2) is 54.6 Å². The number of benzene rings is 2. The Hall–Kier alpha value is -2.54. The summed E-state index contributed by atoms with van der Waals surface area (Å²) in [5.41, 5.74) is 2.11. The molecule has 1 amide bonds. The fourth-order valence-electron chi connectivity index (χ4n) is 3.30. The molecule has 154 valence electrons. The number of ketones is 1. The maximum Gasteiger partial charge on any atom is 0.224 e. The van der Waals surface area contributed by atoms with Gasteiger partial charge in [-0.3, -0.25) is 14.5 Å². The molecule has 0 aromatic heterocycles. The highest BCUT2D eigenvalue weighted by Crippen LogP contribution is 2.20. The SMILES string of the molecule is O=C(CCC(=O)c1ccccc1)Nc1ccc(C(O)CCN2CCOCC2)cc1. The standard InChI is InChI=1S/C23H28N2O4/c26-21(18-4-2-1-3-5-18)10-11-23(28)24-20-8-6-19(7-9-20)22(27)12-13-25-14-16-29-17-15-25/h1-9,22,27H,10-17H2,(H,24,28). The van der Waals surface area contributed by atoms with Gasteiger partial charge in [-0.2, -0.15) is 0 Å². The molecule has 1 saturated heterocycles. The highest BCUT2D eigenvalue weighted by atomic mass is 16.5. The molecule has 1 atom stereocenters. The zero-order chi connectivity index (χ0) is 20.5. The normalized spacial score (nSPS) is 15.6. The van der Waals surface area contributed by atoms with E-state index in [-0.39, 0.29) is 24.5 Å². The minimum atomic E-state index is -0.536. The minimum Gasteiger partial charge on any atom is -0.388 e. The fourth-order valence-corrected chi connectivity index (χ4v) is 3.30. The third kappa shape index (κ3) is 6.78. The number of amides is 1. The Morgan fingerprint density at radius 1 is 1.00 bits per heavy atom. The third-order valence-electron chi connectivity index (χ3n) is 5.08. The topological polar surface area (TPSA) is 78.9 Å². The Bertz CT molecular complexity index is 786. The maximum atomic E-state index is 12.1. The fraction of sp³-hybridized carbons (Fsp3) is 0.391. The number of aliphatic hydroxyl groups is 1. The summed E-state index contributed by atoms with van der Waals surface area (Å²) in [6.45, 7) is 4.15. The number of nitrogens with zero attached hydrogens (tertiary/aromatic N) is 1. The number of rotatable bonds is 9. The highest BCUT2D eigenvalue weighted by Gasteiger charge is 2.14. The molecular weight excluding hydrogens is 368 g/mol. The van der Waals surface area contributed by atoms with Gasteiger partial charge in [0, 0.05) is 43.7 Å². The van der Waals surface area contributed by atoms with Gasteiger partial charge in [-0.05, 0) is 24.1 Å². The van der Waals surface area contributed by atoms with Crippen molar-refractivity contribution in [2.24, 2.45) is 0 Å². The number of aliphatic hydroxyl groups excluding tert-OH is 1. The number of carbonyl (C=O) groups excluding carboxylic acids is 2. The van der Waals surface area contributed by atoms with E-state index in [1.807, 2.05) is 30.3 Å². The number of nitrogens with one attached hydrogen (secondary N) is 1. The molecule has 2 aromatic rings. The van der Waals surface area contributed by atoms with Crippen molar-refractivity contribution in [1.29, 1.82) is 0 Å². The molecule has 0 saturated carbocycles. The van der Waals surface area contributed by atoms with Gasteiger partial charge in [0.05, 0.1) is 19.3 Å². The van der Waals surface area contributed by atoms with Crippen LogP contribution in [-0.4, -0.2) is 54.5 Å². The predicted octanol–water partition coefficient (Wildman–Crippen LogP) is 3.04. The number of Topliss-reactive ketones (excluding diaryl/α,β-unsaturated/α-hetero) is 1. The Balaban J connectivity index is 1.42. The molecule has 1 unspecified atom stereocenters. The van der Waals surface area contributed by atoms with E-state index in [1.165, 1.54) is 0 Å². The summed E-state index contributed by atoms with van der Waals surface area (Å²) >= 11 is 0. The molecule has 6 nitrogen and oxygen atoms in total. The minimum absolute atomic E-state index is 0.0421. The summed E-state index contributed by atoms with van der Waals surface area (Å²) in [6, 6.07) is 16.2. The summed E-state index contributed by atoms with van der Waals surface area (Å²) in [5, 5.41) is 13.2. The first kappa shape index (κ1) is 21.2. The van der Waals surface area contributed by atoms with Crippen molar-refractivity contribution < 1.29 is 19.4 Å². The molecule has 1 aliphatic heterocycles. The maximum absolute atomic E-state index is 12.1. The molecule has 1 heterocycles. The molecule has 0 spiro atoms. The van der Waals surface area contributed by atoms with Crippen LogP contribution in [0.5, 0.6) is 0 Å². The van der Waals surface area contributed by atoms with Gasteiger partial charge in [0.15, 0.2) is 5.78 Å². The predicted molar refractivity (Wildman–Crippen MR) is 112 cm³/mol. The summed E-state index contributed by atoms with van der Waals surface area (Å²) in [6.07, 6.45) is 0.435. The Labute approximate surface area is 171 Å². The zero-order valence-electron chi connectivity index (χ0n) is 16.5. The van der Waals surface area contributed by atoms with Crippen molar-refractivity contribution in [3.63, 3.8) is 0 Å². The van der Waals surface area contributed by atoms with Crippen LogP contribution >= 0.6 is 0 Å². The average Bonchev–Trinajstić information content (AvgIpc) is 2.77. The Morgan fingerprint density at radius 2 is 1.69 bits per heavy atom. The molecule has 1 fully saturated rings. The molecule has 0 bridgehead atoms. The molecule has 1 aliphatic rings. The van der Waals surface area contributed by atoms with Crippen molar-refractivity contribution in [2.45, 2.75) is 25.4 Å². The number of carbonyl (C=O) groups is 2. The lowest BCUT2D eigenvalue weighted by molar-refractivity contribution is -0.116. The van der Waals surface area contributed by atoms with Crippen molar-refractivity contribution in [3.05, 3.63) is 65.7 Å². The summed E-state index contributed by atoms with van der Waals surface area (Å²) in [5.74, 6) is -0.241. The van der Waals surface area contributed by atoms with Gasteiger partial charge in [-0.1, -0.05) is 42.5 Å². The largest absolute Gasteiger partial charge is 0.388 e. The van der Waals surface area contributed by atoms with E-state index in [2.05, 4.69) is 10.2 Å². The van der Waals surface area contributed by atoms with E-state index in [4.69, 9.17) is 4.74 Å². The lowest BCUT2D eigenvalue weighted by Crippen LogP contribution is -2.37. The first-order valence-electron chi connectivity index (χ1n) is 10.1. The van der Waals surface area contributed by atoms with E-state index in [0.29, 0.717) is 17.7 Å². The third-order valence-corrected chi connectivity index (χ3v) is 5.08. The van der Waals surface area contributed by atoms with E-state index in [0.717, 1.165) is 38.4 Å². The number of anilines is 1. The van der Waals surface area contributed by atoms with Crippen LogP contribution in [0.2, 0.25) is 0 Å². The van der Waals surface area contributed by atoms with Gasteiger partial charge in [-0.15, -0.1) is 0 Å². The van der Waals surface area contributed by atoms with Crippen LogP contribution in [0.3, 0.4) is 0 Å². The molecule has 0 radical (unpaired) electrons. The number of hydrogen-bond acceptors (Lipinski definition) is 5. The Morgan fingerprint density at radius 3 is 2.38 bits per heavy atom. The second-order valence-corrected chi connectivity index (χ2v) is 7.22. The van der Waals surface area contributed by atoms with Crippen molar-refractivity contribution in [2.75, 3.05) is 38.2 Å². The smallest absolute Gasteiger partial charge is 0.224 e. The molecule has 3 rings (SSSR count). The van der Waals surface area contributed by atoms with Gasteiger partial charge in [-0.25, -0.2) is 0 Å². The Kier molecular flexibility index (Phi) is 7.93. The summed E-state index contributed by atoms with van der Waals surface area (Å²) < 4.78 is 5.33. The molecule has 2 N–H and O–H groups in total. The number of hydrogen-bond donors (Lipinski definition) is 2. The van der Waals surface area contributed by atoms with E-state index >= 15 is 0 Å². The number of ether oxygens (including phenoxy) is 1. The van der Waals surface area contributed by atoms with Gasteiger partial charge in [0.25, 0.3) is 0 Å². The first-order chi connectivity index (χ1) is 14.1. The monoisotopic (exact) mass is 396 g/mol. The molecule has 2 aromatic carbocycles. The van der Waals surface area contributed by atoms with Gasteiger partial charge in [0.1, 0.15) is 0 Å². The van der Waals surface area contributed by atoms with Gasteiger partial charge in [0.2, 0.25) is 5.91 Å². The van der Waals surface area contributed by atoms with Crippen LogP contribution in [-0.2, 0) is 9.53 Å². The van der Waals surface area contributed by atoms with E-state index in [1.54, 1.807) is 24.3 Å². The number of morpholine rings is 1. The summed E-state index contributed by atoms with van der Waals surface area (Å²) in [4.78, 5) is 26.5. The van der Waals surface area contributed by atoms with E-state index < -0.39 is 6.10 Å². The quantitative estimate of drug-likeness (QED) is 0.637. The second-order valence-electron chi connectivity index (χ2n) is 7.22. The molecule has 6 heteroatoms. The van der Waals surface area contributed by atoms with E-state index in [9.17, 15) is 14.7 Å². The molecule has 29 heavy (non-hydrogen) atoms. The van der Waals surface area contributed by atoms with Crippen molar-refractivity contribution in [1.82, 2.24) is 4.90 Å². The van der Waals surface area contributed by atoms with Crippen LogP contribution in [0.1, 0.15) is 41.3 Å². The lowest BCUT2D eigenvalue weighted by atomic mass is 10.1. The summed E-state index contributed by atoms with van der Waals surface area (Å²) in [7, 11) is 0. The first-order valence-corrected chi connectivity index (χ1v) is 10.1. The molecular formula is C23H28N2O4. The highest BCUT2D eigenvalue weighted by molar-refractivity contribution is 5.99. The van der Waals surface area contributed by atoms with Crippen molar-refractivity contribution in [3.8, 4) is 0 Å².